The molecule has 0 fully saturated rings. The van der Waals surface area contributed by atoms with Crippen LogP contribution in [0.15, 0.2) is 18.2 Å². The van der Waals surface area contributed by atoms with Crippen molar-refractivity contribution in [1.82, 2.24) is 5.32 Å². The summed E-state index contributed by atoms with van der Waals surface area (Å²) in [6.07, 6.45) is 0.758. The maximum Gasteiger partial charge on any atom is 0.254 e. The zero-order valence-corrected chi connectivity index (χ0v) is 11.3. The number of amides is 1. The van der Waals surface area contributed by atoms with Gasteiger partial charge in [0.05, 0.1) is 11.2 Å². The van der Waals surface area contributed by atoms with Crippen molar-refractivity contribution in [2.24, 2.45) is 5.92 Å². The summed E-state index contributed by atoms with van der Waals surface area (Å²) in [6, 6.07) is 2.75. The molecule has 5 heteroatoms. The van der Waals surface area contributed by atoms with E-state index in [1.807, 2.05) is 13.8 Å². The Kier molecular flexibility index (Phi) is 5.00. The summed E-state index contributed by atoms with van der Waals surface area (Å²) in [5.74, 6) is -2.33. The molecule has 0 spiro atoms. The van der Waals surface area contributed by atoms with Gasteiger partial charge < -0.3 is 10.4 Å². The Morgan fingerprint density at radius 1 is 1.47 bits per heavy atom. The van der Waals surface area contributed by atoms with Gasteiger partial charge in [-0.05, 0) is 25.0 Å². The lowest BCUT2D eigenvalue weighted by molar-refractivity contribution is 0.00588. The first-order valence-electron chi connectivity index (χ1n) is 6.23. The number of rotatable bonds is 5. The fraction of sp³-hybridized carbons (Fsp3) is 0.500. The number of carbonyl (C=O) groups is 1. The molecular weight excluding hydrogens is 252 g/mol. The van der Waals surface area contributed by atoms with E-state index in [1.165, 1.54) is 0 Å². The van der Waals surface area contributed by atoms with Crippen LogP contribution in [0, 0.1) is 17.6 Å². The molecule has 0 aliphatic rings. The van der Waals surface area contributed by atoms with E-state index in [-0.39, 0.29) is 18.0 Å². The SMILES string of the molecule is CCC(C)C(C)(O)CNC(=O)c1ccc(F)cc1F. The highest BCUT2D eigenvalue weighted by Gasteiger charge is 2.27. The molecule has 0 radical (unpaired) electrons. The maximum absolute atomic E-state index is 13.4. The van der Waals surface area contributed by atoms with E-state index < -0.39 is 23.1 Å². The van der Waals surface area contributed by atoms with Crippen LogP contribution in [0.2, 0.25) is 0 Å². The van der Waals surface area contributed by atoms with E-state index >= 15 is 0 Å². The van der Waals surface area contributed by atoms with Gasteiger partial charge in [0, 0.05) is 12.6 Å². The van der Waals surface area contributed by atoms with Crippen molar-refractivity contribution < 1.29 is 18.7 Å². The molecule has 0 saturated carbocycles. The summed E-state index contributed by atoms with van der Waals surface area (Å²) >= 11 is 0. The van der Waals surface area contributed by atoms with Crippen molar-refractivity contribution in [3.05, 3.63) is 35.4 Å². The average molecular weight is 271 g/mol. The fourth-order valence-corrected chi connectivity index (χ4v) is 1.64. The smallest absolute Gasteiger partial charge is 0.254 e. The van der Waals surface area contributed by atoms with E-state index in [4.69, 9.17) is 0 Å². The Bertz CT molecular complexity index is 461. The lowest BCUT2D eigenvalue weighted by atomic mass is 9.88. The molecule has 2 atom stereocenters. The number of halogens is 2. The second-order valence-corrected chi connectivity index (χ2v) is 4.97. The molecule has 106 valence electrons. The van der Waals surface area contributed by atoms with Gasteiger partial charge in [0.15, 0.2) is 0 Å². The van der Waals surface area contributed by atoms with Gasteiger partial charge in [-0.25, -0.2) is 8.78 Å². The molecule has 0 aliphatic carbocycles. The normalized spacial score (nSPS) is 15.7. The van der Waals surface area contributed by atoms with E-state index in [9.17, 15) is 18.7 Å². The third kappa shape index (κ3) is 3.99. The number of benzene rings is 1. The third-order valence-corrected chi connectivity index (χ3v) is 3.46. The van der Waals surface area contributed by atoms with Crippen LogP contribution in [0.25, 0.3) is 0 Å². The van der Waals surface area contributed by atoms with Crippen LogP contribution in [-0.2, 0) is 0 Å². The second-order valence-electron chi connectivity index (χ2n) is 4.97. The highest BCUT2D eigenvalue weighted by molar-refractivity contribution is 5.94. The molecule has 1 aromatic carbocycles. The van der Waals surface area contributed by atoms with Crippen molar-refractivity contribution in [3.8, 4) is 0 Å². The van der Waals surface area contributed by atoms with Gasteiger partial charge in [0.25, 0.3) is 5.91 Å². The van der Waals surface area contributed by atoms with E-state index in [1.54, 1.807) is 6.92 Å². The lowest BCUT2D eigenvalue weighted by Gasteiger charge is -2.29. The van der Waals surface area contributed by atoms with E-state index in [0.29, 0.717) is 6.07 Å². The van der Waals surface area contributed by atoms with Crippen molar-refractivity contribution in [2.45, 2.75) is 32.8 Å². The van der Waals surface area contributed by atoms with Crippen LogP contribution >= 0.6 is 0 Å². The predicted molar refractivity (Wildman–Crippen MR) is 68.8 cm³/mol. The molecule has 0 aromatic heterocycles. The summed E-state index contributed by atoms with van der Waals surface area (Å²) in [5, 5.41) is 12.6. The highest BCUT2D eigenvalue weighted by atomic mass is 19.1. The molecule has 2 N–H and O–H groups in total. The Morgan fingerprint density at radius 2 is 2.11 bits per heavy atom. The van der Waals surface area contributed by atoms with Gasteiger partial charge in [-0.2, -0.15) is 0 Å². The molecule has 19 heavy (non-hydrogen) atoms. The van der Waals surface area contributed by atoms with Crippen molar-refractivity contribution in [1.29, 1.82) is 0 Å². The quantitative estimate of drug-likeness (QED) is 0.864. The molecule has 0 heterocycles. The van der Waals surface area contributed by atoms with Crippen LogP contribution in [0.1, 0.15) is 37.6 Å². The zero-order valence-electron chi connectivity index (χ0n) is 11.3. The number of nitrogens with one attached hydrogen (secondary N) is 1. The molecular formula is C14H19F2NO2. The topological polar surface area (TPSA) is 49.3 Å². The molecule has 1 aromatic rings. The van der Waals surface area contributed by atoms with Crippen LogP contribution < -0.4 is 5.32 Å². The minimum Gasteiger partial charge on any atom is -0.388 e. The Hall–Kier alpha value is -1.49. The fourth-order valence-electron chi connectivity index (χ4n) is 1.64. The van der Waals surface area contributed by atoms with Gasteiger partial charge in [-0.15, -0.1) is 0 Å². The van der Waals surface area contributed by atoms with Crippen LogP contribution in [0.4, 0.5) is 8.78 Å². The van der Waals surface area contributed by atoms with Crippen molar-refractivity contribution in [3.63, 3.8) is 0 Å². The summed E-state index contributed by atoms with van der Waals surface area (Å²) < 4.78 is 26.1. The molecule has 0 saturated heterocycles. The van der Waals surface area contributed by atoms with Gasteiger partial charge in [-0.1, -0.05) is 20.3 Å². The first-order chi connectivity index (χ1) is 8.77. The number of carbonyl (C=O) groups excluding carboxylic acids is 1. The van der Waals surface area contributed by atoms with Gasteiger partial charge in [0.2, 0.25) is 0 Å². The van der Waals surface area contributed by atoms with Gasteiger partial charge in [0.1, 0.15) is 11.6 Å². The summed E-state index contributed by atoms with van der Waals surface area (Å²) in [5.41, 5.74) is -1.30. The Morgan fingerprint density at radius 3 is 2.63 bits per heavy atom. The largest absolute Gasteiger partial charge is 0.388 e. The highest BCUT2D eigenvalue weighted by Crippen LogP contribution is 2.19. The summed E-state index contributed by atoms with van der Waals surface area (Å²) in [7, 11) is 0. The zero-order chi connectivity index (χ0) is 14.6. The van der Waals surface area contributed by atoms with E-state index in [0.717, 1.165) is 18.6 Å². The van der Waals surface area contributed by atoms with Crippen LogP contribution in [0.5, 0.6) is 0 Å². The van der Waals surface area contributed by atoms with Crippen molar-refractivity contribution >= 4 is 5.91 Å². The first kappa shape index (κ1) is 15.6. The number of hydrogen-bond donors (Lipinski definition) is 2. The molecule has 1 rings (SSSR count). The van der Waals surface area contributed by atoms with E-state index in [2.05, 4.69) is 5.32 Å². The monoisotopic (exact) mass is 271 g/mol. The molecule has 2 unspecified atom stereocenters. The maximum atomic E-state index is 13.4. The lowest BCUT2D eigenvalue weighted by Crippen LogP contribution is -2.45. The van der Waals surface area contributed by atoms with Gasteiger partial charge in [-0.3, -0.25) is 4.79 Å². The first-order valence-corrected chi connectivity index (χ1v) is 6.23. The van der Waals surface area contributed by atoms with Gasteiger partial charge >= 0.3 is 0 Å². The molecule has 0 bridgehead atoms. The third-order valence-electron chi connectivity index (χ3n) is 3.46. The number of hydrogen-bond acceptors (Lipinski definition) is 2. The molecule has 0 aliphatic heterocycles. The van der Waals surface area contributed by atoms with Crippen molar-refractivity contribution in [2.75, 3.05) is 6.54 Å². The molecule has 1 amide bonds. The minimum atomic E-state index is -1.07. The second kappa shape index (κ2) is 6.10. The predicted octanol–water partition coefficient (Wildman–Crippen LogP) is 2.49. The average Bonchev–Trinajstić information content (AvgIpc) is 2.35. The summed E-state index contributed by atoms with van der Waals surface area (Å²) in [6.45, 7) is 5.42. The summed E-state index contributed by atoms with van der Waals surface area (Å²) in [4.78, 5) is 11.7. The Balaban J connectivity index is 2.70. The van der Waals surface area contributed by atoms with Crippen LogP contribution in [0.3, 0.4) is 0 Å². The molecule has 3 nitrogen and oxygen atoms in total. The van der Waals surface area contributed by atoms with Crippen LogP contribution in [-0.4, -0.2) is 23.2 Å². The number of aliphatic hydroxyl groups is 1. The standard InChI is InChI=1S/C14H19F2NO2/c1-4-9(2)14(3,19)8-17-13(18)11-6-5-10(15)7-12(11)16/h5-7,9,19H,4,8H2,1-3H3,(H,17,18). The Labute approximate surface area is 111 Å². The minimum absolute atomic E-state index is 0.00846.